The van der Waals surface area contributed by atoms with Crippen LogP contribution in [0.3, 0.4) is 0 Å². The maximum atomic E-state index is 14.0. The molecule has 1 aromatic carbocycles. The maximum absolute atomic E-state index is 14.0. The number of rotatable bonds is 5. The molecule has 1 rings (SSSR count). The van der Waals surface area contributed by atoms with Gasteiger partial charge in [-0.25, -0.2) is 0 Å². The fraction of sp³-hybridized carbons (Fsp3) is 0.500. The van der Waals surface area contributed by atoms with Crippen LogP contribution in [0, 0.1) is 5.82 Å². The van der Waals surface area contributed by atoms with Gasteiger partial charge in [-0.2, -0.15) is 0 Å². The molecule has 0 aliphatic heterocycles. The van der Waals surface area contributed by atoms with Crippen LogP contribution in [0.1, 0.15) is 33.3 Å². The summed E-state index contributed by atoms with van der Waals surface area (Å²) in [5.41, 5.74) is 0.892. The first-order valence-corrected chi connectivity index (χ1v) is 17.8. The molecule has 0 unspecified atom stereocenters. The molecule has 0 fully saturated rings. The zero-order valence-electron chi connectivity index (χ0n) is 14.8. The van der Waals surface area contributed by atoms with Gasteiger partial charge >= 0.3 is 138 Å². The third-order valence-electron chi connectivity index (χ3n) is 3.58. The van der Waals surface area contributed by atoms with Crippen LogP contribution in [0.25, 0.3) is 6.08 Å². The number of carbonyl (C=O) groups excluding carboxylic acids is 1. The Hall–Kier alpha value is -0.841. The summed E-state index contributed by atoms with van der Waals surface area (Å²) in [6.45, 7) is 8.04. The summed E-state index contributed by atoms with van der Waals surface area (Å²) in [5.74, 6) is -0.118. The van der Waals surface area contributed by atoms with Crippen LogP contribution in [0.5, 0.6) is 0 Å². The minimum atomic E-state index is -2.48. The van der Waals surface area contributed by atoms with E-state index in [2.05, 4.69) is 14.8 Å². The Balaban J connectivity index is 3.02. The zero-order chi connectivity index (χ0) is 17.1. The summed E-state index contributed by atoms with van der Waals surface area (Å²) in [5, 5.41) is 0. The average Bonchev–Trinajstić information content (AvgIpc) is 2.35. The number of benzene rings is 1. The Morgan fingerprint density at radius 3 is 2.14 bits per heavy atom. The Morgan fingerprint density at radius 1 is 1.14 bits per heavy atom. The molecule has 4 heteroatoms. The Morgan fingerprint density at radius 2 is 1.68 bits per heavy atom. The van der Waals surface area contributed by atoms with E-state index in [1.165, 1.54) is 6.07 Å². The van der Waals surface area contributed by atoms with E-state index in [1.807, 2.05) is 38.7 Å². The molecule has 0 spiro atoms. The van der Waals surface area contributed by atoms with E-state index >= 15 is 0 Å². The summed E-state index contributed by atoms with van der Waals surface area (Å²) < 4.78 is 14.8. The van der Waals surface area contributed by atoms with E-state index in [-0.39, 0.29) is 23.8 Å². The van der Waals surface area contributed by atoms with Crippen LogP contribution in [0.4, 0.5) is 4.39 Å². The SMILES string of the molecule is CC(C)N(C(=O)/C=C/c1ccc(F)[c]([Sn]([CH3])([CH3])[CH3])c1)C(C)C. The van der Waals surface area contributed by atoms with Gasteiger partial charge in [0.05, 0.1) is 0 Å². The average molecular weight is 412 g/mol. The van der Waals surface area contributed by atoms with Gasteiger partial charge in [0.15, 0.2) is 0 Å². The number of hydrogen-bond acceptors (Lipinski definition) is 1. The molecule has 0 N–H and O–H groups in total. The Kier molecular flexibility index (Phi) is 6.65. The van der Waals surface area contributed by atoms with Gasteiger partial charge in [-0.3, -0.25) is 0 Å². The molecule has 0 atom stereocenters. The Bertz CT molecular complexity index is 551. The van der Waals surface area contributed by atoms with Crippen LogP contribution in [-0.4, -0.2) is 41.3 Å². The van der Waals surface area contributed by atoms with Crippen molar-refractivity contribution in [3.05, 3.63) is 35.7 Å². The molecule has 122 valence electrons. The van der Waals surface area contributed by atoms with Gasteiger partial charge in [-0.15, -0.1) is 0 Å². The third kappa shape index (κ3) is 5.11. The second kappa shape index (κ2) is 7.62. The molecule has 2 nitrogen and oxygen atoms in total. The normalized spacial score (nSPS) is 12.5. The molecule has 0 heterocycles. The summed E-state index contributed by atoms with van der Waals surface area (Å²) in [6, 6.07) is 5.47. The molecule has 0 aliphatic rings. The molecule has 1 amide bonds. The van der Waals surface area contributed by atoms with E-state index in [0.29, 0.717) is 0 Å². The summed E-state index contributed by atoms with van der Waals surface area (Å²) in [6.07, 6.45) is 3.38. The minimum absolute atomic E-state index is 0.00449. The van der Waals surface area contributed by atoms with Gasteiger partial charge in [0, 0.05) is 0 Å². The van der Waals surface area contributed by atoms with Crippen molar-refractivity contribution in [2.24, 2.45) is 0 Å². The summed E-state index contributed by atoms with van der Waals surface area (Å²) in [4.78, 5) is 20.7. The van der Waals surface area contributed by atoms with Crippen LogP contribution in [0.15, 0.2) is 24.3 Å². The van der Waals surface area contributed by atoms with E-state index in [4.69, 9.17) is 0 Å². The van der Waals surface area contributed by atoms with E-state index in [9.17, 15) is 9.18 Å². The van der Waals surface area contributed by atoms with Crippen LogP contribution in [0.2, 0.25) is 14.8 Å². The second-order valence-electron chi connectivity index (χ2n) is 7.26. The van der Waals surface area contributed by atoms with E-state index < -0.39 is 18.4 Å². The van der Waals surface area contributed by atoms with E-state index in [1.54, 1.807) is 18.2 Å². The van der Waals surface area contributed by atoms with Crippen molar-refractivity contribution in [3.8, 4) is 0 Å². The fourth-order valence-electron chi connectivity index (χ4n) is 2.58. The monoisotopic (exact) mass is 413 g/mol. The van der Waals surface area contributed by atoms with Crippen molar-refractivity contribution in [3.63, 3.8) is 0 Å². The molecule has 0 radical (unpaired) electrons. The van der Waals surface area contributed by atoms with Gasteiger partial charge in [0.2, 0.25) is 0 Å². The van der Waals surface area contributed by atoms with Crippen LogP contribution >= 0.6 is 0 Å². The first-order valence-electron chi connectivity index (χ1n) is 7.84. The first-order chi connectivity index (χ1) is 10.0. The molecule has 0 aliphatic carbocycles. The Labute approximate surface area is 138 Å². The van der Waals surface area contributed by atoms with Gasteiger partial charge in [0.1, 0.15) is 0 Å². The number of halogens is 1. The molecule has 0 aromatic heterocycles. The van der Waals surface area contributed by atoms with Gasteiger partial charge in [-0.1, -0.05) is 0 Å². The number of amides is 1. The molecule has 22 heavy (non-hydrogen) atoms. The molecule has 0 saturated heterocycles. The second-order valence-corrected chi connectivity index (χ2v) is 21.6. The molecule has 0 bridgehead atoms. The van der Waals surface area contributed by atoms with Crippen molar-refractivity contribution in [2.45, 2.75) is 54.6 Å². The fourth-order valence-corrected chi connectivity index (χ4v) is 6.57. The van der Waals surface area contributed by atoms with Crippen molar-refractivity contribution in [1.82, 2.24) is 4.90 Å². The van der Waals surface area contributed by atoms with Gasteiger partial charge in [0.25, 0.3) is 0 Å². The quantitative estimate of drug-likeness (QED) is 0.529. The van der Waals surface area contributed by atoms with Gasteiger partial charge < -0.3 is 0 Å². The number of hydrogen-bond donors (Lipinski definition) is 0. The standard InChI is InChI=1S/C15H19FNO.3CH3.Sn/c1-11(2)17(12(3)4)15(18)10-7-13-5-8-14(16)9-6-13;;;;/h5-8,10-12H,1-4H3;3*1H3;/b10-7+;;;;. The number of carbonyl (C=O) groups is 1. The molecule has 1 aromatic rings. The topological polar surface area (TPSA) is 20.3 Å². The predicted molar refractivity (Wildman–Crippen MR) is 95.5 cm³/mol. The van der Waals surface area contributed by atoms with Crippen LogP contribution < -0.4 is 3.58 Å². The van der Waals surface area contributed by atoms with E-state index in [0.717, 1.165) is 9.14 Å². The first kappa shape index (κ1) is 19.2. The molecular weight excluding hydrogens is 384 g/mol. The van der Waals surface area contributed by atoms with Crippen molar-refractivity contribution < 1.29 is 9.18 Å². The summed E-state index contributed by atoms with van der Waals surface area (Å²) in [7, 11) is 0. The molecular formula is C18H28FNOSn. The predicted octanol–water partition coefficient (Wildman–Crippen LogP) is 4.03. The van der Waals surface area contributed by atoms with Crippen molar-refractivity contribution >= 4 is 33.9 Å². The number of nitrogens with zero attached hydrogens (tertiary/aromatic N) is 1. The van der Waals surface area contributed by atoms with Crippen LogP contribution in [-0.2, 0) is 4.79 Å². The molecule has 0 saturated carbocycles. The van der Waals surface area contributed by atoms with Gasteiger partial charge in [-0.05, 0) is 0 Å². The third-order valence-corrected chi connectivity index (χ3v) is 9.29. The summed E-state index contributed by atoms with van der Waals surface area (Å²) >= 11 is -2.48. The van der Waals surface area contributed by atoms with Crippen molar-refractivity contribution in [2.75, 3.05) is 0 Å². The zero-order valence-corrected chi connectivity index (χ0v) is 17.6. The van der Waals surface area contributed by atoms with Crippen molar-refractivity contribution in [1.29, 1.82) is 0 Å².